The van der Waals surface area contributed by atoms with Gasteiger partial charge in [-0.3, -0.25) is 0 Å². The minimum Gasteiger partial charge on any atom is -0.494 e. The van der Waals surface area contributed by atoms with E-state index >= 15 is 0 Å². The van der Waals surface area contributed by atoms with Gasteiger partial charge in [0.05, 0.1) is 12.6 Å². The van der Waals surface area contributed by atoms with E-state index in [2.05, 4.69) is 0 Å². The van der Waals surface area contributed by atoms with Crippen molar-refractivity contribution in [2.24, 2.45) is 5.73 Å². The summed E-state index contributed by atoms with van der Waals surface area (Å²) < 4.78 is 16.4. The summed E-state index contributed by atoms with van der Waals surface area (Å²) >= 11 is 0. The van der Waals surface area contributed by atoms with Gasteiger partial charge in [0.2, 0.25) is 0 Å². The van der Waals surface area contributed by atoms with E-state index in [1.807, 2.05) is 45.0 Å². The molecule has 4 heteroatoms. The highest BCUT2D eigenvalue weighted by Gasteiger charge is 2.19. The zero-order valence-corrected chi connectivity index (χ0v) is 11.4. The molecule has 0 aliphatic carbocycles. The summed E-state index contributed by atoms with van der Waals surface area (Å²) in [6.07, 6.45) is -0.405. The Labute approximate surface area is 109 Å². The fourth-order valence-corrected chi connectivity index (χ4v) is 1.69. The topological polar surface area (TPSA) is 53.7 Å². The van der Waals surface area contributed by atoms with E-state index in [4.69, 9.17) is 19.9 Å². The Hall–Kier alpha value is -1.10. The summed E-state index contributed by atoms with van der Waals surface area (Å²) in [4.78, 5) is 0. The molecule has 18 heavy (non-hydrogen) atoms. The van der Waals surface area contributed by atoms with Crippen LogP contribution in [0, 0.1) is 0 Å². The Morgan fingerprint density at radius 1 is 0.944 bits per heavy atom. The van der Waals surface area contributed by atoms with Crippen LogP contribution in [0.1, 0.15) is 32.4 Å². The van der Waals surface area contributed by atoms with E-state index in [9.17, 15) is 0 Å². The quantitative estimate of drug-likeness (QED) is 0.723. The minimum absolute atomic E-state index is 0.291. The van der Waals surface area contributed by atoms with Gasteiger partial charge in [-0.05, 0) is 38.5 Å². The number of rotatable bonds is 8. The number of ether oxygens (including phenoxy) is 3. The second-order valence-electron chi connectivity index (χ2n) is 3.81. The van der Waals surface area contributed by atoms with Gasteiger partial charge in [0, 0.05) is 13.2 Å². The van der Waals surface area contributed by atoms with E-state index in [-0.39, 0.29) is 6.04 Å². The second-order valence-corrected chi connectivity index (χ2v) is 3.81. The predicted octanol–water partition coefficient (Wildman–Crippen LogP) is 2.48. The van der Waals surface area contributed by atoms with Crippen LogP contribution >= 0.6 is 0 Å². The third kappa shape index (κ3) is 4.29. The van der Waals surface area contributed by atoms with Crippen LogP contribution in [-0.2, 0) is 9.47 Å². The molecule has 4 nitrogen and oxygen atoms in total. The van der Waals surface area contributed by atoms with Gasteiger partial charge in [-0.1, -0.05) is 12.1 Å². The molecule has 0 spiro atoms. The van der Waals surface area contributed by atoms with Gasteiger partial charge in [0.15, 0.2) is 6.29 Å². The number of hydrogen-bond donors (Lipinski definition) is 1. The van der Waals surface area contributed by atoms with Gasteiger partial charge < -0.3 is 19.9 Å². The van der Waals surface area contributed by atoms with Gasteiger partial charge in [-0.2, -0.15) is 0 Å². The molecular formula is C14H23NO3. The normalized spacial score (nSPS) is 12.7. The predicted molar refractivity (Wildman–Crippen MR) is 71.6 cm³/mol. The second kappa shape index (κ2) is 8.08. The molecule has 0 aliphatic rings. The largest absolute Gasteiger partial charge is 0.494 e. The molecule has 0 aromatic heterocycles. The smallest absolute Gasteiger partial charge is 0.176 e. The Morgan fingerprint density at radius 2 is 1.50 bits per heavy atom. The van der Waals surface area contributed by atoms with Crippen molar-refractivity contribution in [1.29, 1.82) is 0 Å². The standard InChI is InChI=1S/C14H23NO3/c1-4-16-12-9-7-11(8-10-12)13(15)14(17-5-2)18-6-3/h7-10,13-14H,4-6,15H2,1-3H3. The molecule has 0 radical (unpaired) electrons. The first-order valence-corrected chi connectivity index (χ1v) is 6.44. The fraction of sp³-hybridized carbons (Fsp3) is 0.571. The molecule has 0 bridgehead atoms. The summed E-state index contributed by atoms with van der Waals surface area (Å²) in [6.45, 7) is 7.63. The van der Waals surface area contributed by atoms with E-state index in [0.717, 1.165) is 11.3 Å². The van der Waals surface area contributed by atoms with Crippen molar-refractivity contribution in [2.75, 3.05) is 19.8 Å². The maximum atomic E-state index is 6.14. The maximum absolute atomic E-state index is 6.14. The lowest BCUT2D eigenvalue weighted by atomic mass is 10.1. The SMILES string of the molecule is CCOc1ccc(C(N)C(OCC)OCC)cc1. The van der Waals surface area contributed by atoms with Crippen LogP contribution in [0.3, 0.4) is 0 Å². The maximum Gasteiger partial charge on any atom is 0.176 e. The van der Waals surface area contributed by atoms with Gasteiger partial charge >= 0.3 is 0 Å². The van der Waals surface area contributed by atoms with Crippen molar-refractivity contribution in [2.45, 2.75) is 33.1 Å². The molecule has 1 unspecified atom stereocenters. The molecule has 1 rings (SSSR count). The first-order chi connectivity index (χ1) is 8.72. The lowest BCUT2D eigenvalue weighted by Gasteiger charge is -2.23. The van der Waals surface area contributed by atoms with E-state index in [1.165, 1.54) is 0 Å². The summed E-state index contributed by atoms with van der Waals surface area (Å²) in [6, 6.07) is 7.42. The van der Waals surface area contributed by atoms with Crippen molar-refractivity contribution >= 4 is 0 Å². The molecule has 102 valence electrons. The summed E-state index contributed by atoms with van der Waals surface area (Å²) in [5, 5.41) is 0. The molecule has 2 N–H and O–H groups in total. The highest BCUT2D eigenvalue weighted by atomic mass is 16.7. The molecule has 0 saturated carbocycles. The zero-order chi connectivity index (χ0) is 13.4. The van der Waals surface area contributed by atoms with Crippen LogP contribution in [0.25, 0.3) is 0 Å². The Kier molecular flexibility index (Phi) is 6.72. The monoisotopic (exact) mass is 253 g/mol. The van der Waals surface area contributed by atoms with Crippen LogP contribution < -0.4 is 10.5 Å². The molecule has 1 atom stereocenters. The van der Waals surface area contributed by atoms with E-state index < -0.39 is 6.29 Å². The fourth-order valence-electron chi connectivity index (χ4n) is 1.69. The van der Waals surface area contributed by atoms with Gasteiger partial charge in [-0.15, -0.1) is 0 Å². The summed E-state index contributed by atoms with van der Waals surface area (Å²) in [5.74, 6) is 0.845. The van der Waals surface area contributed by atoms with Crippen LogP contribution in [0.2, 0.25) is 0 Å². The van der Waals surface area contributed by atoms with Crippen molar-refractivity contribution in [1.82, 2.24) is 0 Å². The summed E-state index contributed by atoms with van der Waals surface area (Å²) in [7, 11) is 0. The number of hydrogen-bond acceptors (Lipinski definition) is 4. The van der Waals surface area contributed by atoms with Crippen molar-refractivity contribution in [3.63, 3.8) is 0 Å². The number of nitrogens with two attached hydrogens (primary N) is 1. The van der Waals surface area contributed by atoms with Crippen LogP contribution in [0.4, 0.5) is 0 Å². The van der Waals surface area contributed by atoms with Crippen LogP contribution in [0.15, 0.2) is 24.3 Å². The lowest BCUT2D eigenvalue weighted by molar-refractivity contribution is -0.149. The first kappa shape index (κ1) is 15.0. The molecule has 0 saturated heterocycles. The van der Waals surface area contributed by atoms with Crippen molar-refractivity contribution < 1.29 is 14.2 Å². The third-order valence-electron chi connectivity index (χ3n) is 2.53. The summed E-state index contributed by atoms with van der Waals surface area (Å²) in [5.41, 5.74) is 7.12. The number of benzene rings is 1. The Bertz CT molecular complexity index is 320. The third-order valence-corrected chi connectivity index (χ3v) is 2.53. The highest BCUT2D eigenvalue weighted by Crippen LogP contribution is 2.21. The molecule has 0 amide bonds. The van der Waals surface area contributed by atoms with Crippen molar-refractivity contribution in [3.8, 4) is 5.75 Å². The van der Waals surface area contributed by atoms with E-state index in [0.29, 0.717) is 19.8 Å². The molecule has 0 aliphatic heterocycles. The van der Waals surface area contributed by atoms with Crippen molar-refractivity contribution in [3.05, 3.63) is 29.8 Å². The van der Waals surface area contributed by atoms with Crippen LogP contribution in [0.5, 0.6) is 5.75 Å². The molecule has 1 aromatic rings. The minimum atomic E-state index is -0.405. The van der Waals surface area contributed by atoms with Gasteiger partial charge in [0.1, 0.15) is 5.75 Å². The average Bonchev–Trinajstić information content (AvgIpc) is 2.39. The molecular weight excluding hydrogens is 230 g/mol. The molecule has 1 aromatic carbocycles. The van der Waals surface area contributed by atoms with E-state index in [1.54, 1.807) is 0 Å². The van der Waals surface area contributed by atoms with Gasteiger partial charge in [0.25, 0.3) is 0 Å². The highest BCUT2D eigenvalue weighted by molar-refractivity contribution is 5.29. The lowest BCUT2D eigenvalue weighted by Crippen LogP contribution is -2.31. The molecule has 0 heterocycles. The Balaban J connectivity index is 2.70. The van der Waals surface area contributed by atoms with Gasteiger partial charge in [-0.25, -0.2) is 0 Å². The average molecular weight is 253 g/mol. The first-order valence-electron chi connectivity index (χ1n) is 6.44. The molecule has 0 fully saturated rings. The zero-order valence-electron chi connectivity index (χ0n) is 11.4. The Morgan fingerprint density at radius 3 is 1.94 bits per heavy atom. The van der Waals surface area contributed by atoms with Crippen LogP contribution in [-0.4, -0.2) is 26.1 Å².